The van der Waals surface area contributed by atoms with Crippen LogP contribution >= 0.6 is 15.9 Å². The molecule has 1 aromatic carbocycles. The van der Waals surface area contributed by atoms with Crippen LogP contribution < -0.4 is 0 Å². The molecule has 1 N–H and O–H groups in total. The van der Waals surface area contributed by atoms with Gasteiger partial charge in [0.05, 0.1) is 5.69 Å². The summed E-state index contributed by atoms with van der Waals surface area (Å²) in [4.78, 5) is 8.08. The third-order valence-corrected chi connectivity index (χ3v) is 3.05. The quantitative estimate of drug-likeness (QED) is 0.948. The van der Waals surface area contributed by atoms with Crippen LogP contribution in [-0.2, 0) is 6.42 Å². The van der Waals surface area contributed by atoms with Gasteiger partial charge in [0.25, 0.3) is 0 Å². The van der Waals surface area contributed by atoms with E-state index in [0.29, 0.717) is 17.1 Å². The summed E-state index contributed by atoms with van der Waals surface area (Å²) >= 11 is 3.28. The monoisotopic (exact) mass is 310 g/mol. The standard InChI is InChI=1S/C13H12BrFN2O/c1-8-16-5-4-12(17-8)13(18)7-9-6-10(14)2-3-11(9)15/h2-6,13,18H,7H2,1H3. The first-order chi connectivity index (χ1) is 8.56. The van der Waals surface area contributed by atoms with Crippen molar-refractivity contribution >= 4 is 15.9 Å². The molecule has 0 aliphatic carbocycles. The van der Waals surface area contributed by atoms with Crippen molar-refractivity contribution in [3.8, 4) is 0 Å². The summed E-state index contributed by atoms with van der Waals surface area (Å²) < 4.78 is 14.3. The van der Waals surface area contributed by atoms with Gasteiger partial charge in [-0.1, -0.05) is 15.9 Å². The molecule has 0 aliphatic heterocycles. The molecule has 0 saturated carbocycles. The van der Waals surface area contributed by atoms with Crippen LogP contribution in [-0.4, -0.2) is 15.1 Å². The van der Waals surface area contributed by atoms with Gasteiger partial charge in [-0.3, -0.25) is 0 Å². The van der Waals surface area contributed by atoms with E-state index in [4.69, 9.17) is 0 Å². The highest BCUT2D eigenvalue weighted by atomic mass is 79.9. The number of halogens is 2. The second kappa shape index (κ2) is 5.54. The van der Waals surface area contributed by atoms with Crippen LogP contribution in [0.2, 0.25) is 0 Å². The second-order valence-corrected chi connectivity index (χ2v) is 4.90. The molecule has 0 amide bonds. The summed E-state index contributed by atoms with van der Waals surface area (Å²) in [5.74, 6) is 0.254. The normalized spacial score (nSPS) is 12.4. The first kappa shape index (κ1) is 13.1. The molecule has 0 saturated heterocycles. The van der Waals surface area contributed by atoms with Gasteiger partial charge in [0.2, 0.25) is 0 Å². The number of aliphatic hydroxyl groups excluding tert-OH is 1. The van der Waals surface area contributed by atoms with Gasteiger partial charge in [-0.2, -0.15) is 0 Å². The molecule has 0 radical (unpaired) electrons. The molecule has 0 spiro atoms. The highest BCUT2D eigenvalue weighted by molar-refractivity contribution is 9.10. The summed E-state index contributed by atoms with van der Waals surface area (Å²) in [6.45, 7) is 1.75. The molecule has 1 unspecified atom stereocenters. The topological polar surface area (TPSA) is 46.0 Å². The molecule has 1 atom stereocenters. The first-order valence-electron chi connectivity index (χ1n) is 5.48. The lowest BCUT2D eigenvalue weighted by atomic mass is 10.1. The van der Waals surface area contributed by atoms with Crippen molar-refractivity contribution < 1.29 is 9.50 Å². The number of nitrogens with zero attached hydrogens (tertiary/aromatic N) is 2. The number of aromatic nitrogens is 2. The Balaban J connectivity index is 2.21. The Morgan fingerprint density at radius 1 is 1.39 bits per heavy atom. The van der Waals surface area contributed by atoms with E-state index in [1.54, 1.807) is 31.3 Å². The van der Waals surface area contributed by atoms with Crippen LogP contribution in [0.5, 0.6) is 0 Å². The maximum Gasteiger partial charge on any atom is 0.126 e. The summed E-state index contributed by atoms with van der Waals surface area (Å²) in [5.41, 5.74) is 0.954. The predicted molar refractivity (Wildman–Crippen MR) is 69.5 cm³/mol. The van der Waals surface area contributed by atoms with Crippen LogP contribution in [0.15, 0.2) is 34.9 Å². The summed E-state index contributed by atoms with van der Waals surface area (Å²) in [5, 5.41) is 10.0. The largest absolute Gasteiger partial charge is 0.386 e. The SMILES string of the molecule is Cc1nccc(C(O)Cc2cc(Br)ccc2F)n1. The Morgan fingerprint density at radius 2 is 2.17 bits per heavy atom. The summed E-state index contributed by atoms with van der Waals surface area (Å²) in [6.07, 6.45) is 0.926. The van der Waals surface area contributed by atoms with Crippen molar-refractivity contribution in [2.45, 2.75) is 19.4 Å². The number of aryl methyl sites for hydroxylation is 1. The van der Waals surface area contributed by atoms with E-state index in [1.165, 1.54) is 6.07 Å². The van der Waals surface area contributed by atoms with Crippen LogP contribution in [0.1, 0.15) is 23.2 Å². The fourth-order valence-corrected chi connectivity index (χ4v) is 2.08. The fraction of sp³-hybridized carbons (Fsp3) is 0.231. The Kier molecular flexibility index (Phi) is 4.04. The van der Waals surface area contributed by atoms with Gasteiger partial charge in [0.1, 0.15) is 17.7 Å². The Bertz CT molecular complexity index is 562. The average Bonchev–Trinajstić information content (AvgIpc) is 2.34. The molecule has 5 heteroatoms. The molecule has 0 bridgehead atoms. The minimum Gasteiger partial charge on any atom is -0.386 e. The first-order valence-corrected chi connectivity index (χ1v) is 6.27. The van der Waals surface area contributed by atoms with E-state index >= 15 is 0 Å². The lowest BCUT2D eigenvalue weighted by molar-refractivity contribution is 0.172. The minimum absolute atomic E-state index is 0.182. The van der Waals surface area contributed by atoms with Crippen molar-refractivity contribution in [1.82, 2.24) is 9.97 Å². The molecule has 2 aromatic rings. The van der Waals surface area contributed by atoms with Crippen molar-refractivity contribution in [3.05, 3.63) is 57.8 Å². The number of rotatable bonds is 3. The lowest BCUT2D eigenvalue weighted by Gasteiger charge is -2.11. The third kappa shape index (κ3) is 3.11. The second-order valence-electron chi connectivity index (χ2n) is 3.98. The molecule has 3 nitrogen and oxygen atoms in total. The minimum atomic E-state index is -0.838. The summed E-state index contributed by atoms with van der Waals surface area (Å²) in [7, 11) is 0. The molecule has 18 heavy (non-hydrogen) atoms. The van der Waals surface area contributed by atoms with Crippen LogP contribution in [0.3, 0.4) is 0 Å². The molecule has 0 fully saturated rings. The molecule has 1 aromatic heterocycles. The molecule has 2 rings (SSSR count). The van der Waals surface area contributed by atoms with Crippen LogP contribution in [0.25, 0.3) is 0 Å². The maximum atomic E-state index is 13.6. The zero-order valence-corrected chi connectivity index (χ0v) is 11.4. The maximum absolute atomic E-state index is 13.6. The van der Waals surface area contributed by atoms with Gasteiger partial charge in [0, 0.05) is 17.1 Å². The van der Waals surface area contributed by atoms with E-state index in [9.17, 15) is 9.50 Å². The van der Waals surface area contributed by atoms with Crippen LogP contribution in [0, 0.1) is 12.7 Å². The molecule has 0 aliphatic rings. The Labute approximate surface area is 113 Å². The number of hydrogen-bond acceptors (Lipinski definition) is 3. The third-order valence-electron chi connectivity index (χ3n) is 2.56. The Morgan fingerprint density at radius 3 is 2.89 bits per heavy atom. The van der Waals surface area contributed by atoms with Gasteiger partial charge in [-0.25, -0.2) is 14.4 Å². The lowest BCUT2D eigenvalue weighted by Crippen LogP contribution is -2.07. The number of benzene rings is 1. The van der Waals surface area contributed by atoms with Gasteiger partial charge in [-0.15, -0.1) is 0 Å². The summed E-state index contributed by atoms with van der Waals surface area (Å²) in [6, 6.07) is 6.29. The molecular formula is C13H12BrFN2O. The molecular weight excluding hydrogens is 299 g/mol. The van der Waals surface area contributed by atoms with Gasteiger partial charge >= 0.3 is 0 Å². The zero-order valence-electron chi connectivity index (χ0n) is 9.77. The van der Waals surface area contributed by atoms with E-state index in [1.807, 2.05) is 0 Å². The van der Waals surface area contributed by atoms with E-state index < -0.39 is 6.10 Å². The average molecular weight is 311 g/mol. The molecule has 1 heterocycles. The van der Waals surface area contributed by atoms with Crippen molar-refractivity contribution in [3.63, 3.8) is 0 Å². The van der Waals surface area contributed by atoms with Crippen molar-refractivity contribution in [2.24, 2.45) is 0 Å². The smallest absolute Gasteiger partial charge is 0.126 e. The van der Waals surface area contributed by atoms with Gasteiger partial charge in [-0.05, 0) is 36.8 Å². The number of hydrogen-bond donors (Lipinski definition) is 1. The van der Waals surface area contributed by atoms with Gasteiger partial charge in [0.15, 0.2) is 0 Å². The van der Waals surface area contributed by atoms with Crippen molar-refractivity contribution in [2.75, 3.05) is 0 Å². The highest BCUT2D eigenvalue weighted by Gasteiger charge is 2.13. The fourth-order valence-electron chi connectivity index (χ4n) is 1.67. The van der Waals surface area contributed by atoms with E-state index in [-0.39, 0.29) is 12.2 Å². The zero-order chi connectivity index (χ0) is 13.1. The van der Waals surface area contributed by atoms with Crippen LogP contribution in [0.4, 0.5) is 4.39 Å². The highest BCUT2D eigenvalue weighted by Crippen LogP contribution is 2.21. The molecule has 94 valence electrons. The Hall–Kier alpha value is -1.33. The van der Waals surface area contributed by atoms with Crippen molar-refractivity contribution in [1.29, 1.82) is 0 Å². The predicted octanol–water partition coefficient (Wildman–Crippen LogP) is 2.96. The van der Waals surface area contributed by atoms with E-state index in [0.717, 1.165) is 4.47 Å². The van der Waals surface area contributed by atoms with E-state index in [2.05, 4.69) is 25.9 Å². The van der Waals surface area contributed by atoms with Gasteiger partial charge < -0.3 is 5.11 Å². The number of aliphatic hydroxyl groups is 1.